The topological polar surface area (TPSA) is 70.5 Å². The molecule has 17 heavy (non-hydrogen) atoms. The Hall–Kier alpha value is -1.43. The monoisotopic (exact) mass is 256 g/mol. The van der Waals surface area contributed by atoms with Crippen LogP contribution in [0.2, 0.25) is 0 Å². The van der Waals surface area contributed by atoms with Crippen LogP contribution in [-0.2, 0) is 4.79 Å². The minimum absolute atomic E-state index is 0.278. The maximum absolute atomic E-state index is 12.2. The van der Waals surface area contributed by atoms with Gasteiger partial charge in [0.2, 0.25) is 0 Å². The van der Waals surface area contributed by atoms with Crippen LogP contribution >= 0.6 is 11.3 Å². The van der Waals surface area contributed by atoms with Crippen LogP contribution in [0.4, 0.5) is 0 Å². The summed E-state index contributed by atoms with van der Waals surface area (Å²) in [4.78, 5) is 28.9. The molecule has 0 unspecified atom stereocenters. The Bertz CT molecular complexity index is 434. The van der Waals surface area contributed by atoms with E-state index in [0.29, 0.717) is 10.6 Å². The van der Waals surface area contributed by atoms with E-state index in [0.717, 1.165) is 0 Å². The summed E-state index contributed by atoms with van der Waals surface area (Å²) >= 11 is 1.23. The minimum Gasteiger partial charge on any atom is -0.480 e. The third-order valence-corrected chi connectivity index (χ3v) is 3.20. The number of carboxylic acid groups (broad SMARTS) is 1. The molecule has 0 atom stereocenters. The Kier molecular flexibility index (Phi) is 3.87. The fraction of sp³-hybridized carbons (Fsp3) is 0.545. The summed E-state index contributed by atoms with van der Waals surface area (Å²) in [5.74, 6) is -1.30. The summed E-state index contributed by atoms with van der Waals surface area (Å²) < 4.78 is 0. The zero-order valence-electron chi connectivity index (χ0n) is 10.4. The molecule has 0 saturated carbocycles. The van der Waals surface area contributed by atoms with Gasteiger partial charge in [-0.15, -0.1) is 11.3 Å². The molecule has 94 valence electrons. The van der Waals surface area contributed by atoms with Crippen molar-refractivity contribution >= 4 is 23.2 Å². The molecule has 1 N–H and O–H groups in total. The lowest BCUT2D eigenvalue weighted by Gasteiger charge is -2.34. The van der Waals surface area contributed by atoms with E-state index in [-0.39, 0.29) is 12.5 Å². The summed E-state index contributed by atoms with van der Waals surface area (Å²) in [5.41, 5.74) is 1.69. The SMILES string of the molecule is Cc1ncsc1C(=O)N(CC(=O)O)C(C)(C)C. The van der Waals surface area contributed by atoms with Crippen molar-refractivity contribution in [3.05, 3.63) is 16.1 Å². The second-order valence-electron chi connectivity index (χ2n) is 4.72. The van der Waals surface area contributed by atoms with Crippen molar-refractivity contribution in [3.8, 4) is 0 Å². The molecule has 5 nitrogen and oxygen atoms in total. The molecular formula is C11H16N2O3S. The number of carboxylic acids is 1. The van der Waals surface area contributed by atoms with Gasteiger partial charge in [-0.2, -0.15) is 0 Å². The smallest absolute Gasteiger partial charge is 0.323 e. The number of carbonyl (C=O) groups is 2. The van der Waals surface area contributed by atoms with Gasteiger partial charge in [0.15, 0.2) is 0 Å². The first kappa shape index (κ1) is 13.6. The molecule has 0 fully saturated rings. The average molecular weight is 256 g/mol. The van der Waals surface area contributed by atoms with Gasteiger partial charge in [-0.3, -0.25) is 9.59 Å². The van der Waals surface area contributed by atoms with Crippen molar-refractivity contribution in [2.75, 3.05) is 6.54 Å². The largest absolute Gasteiger partial charge is 0.480 e. The van der Waals surface area contributed by atoms with Crippen molar-refractivity contribution in [1.29, 1.82) is 0 Å². The van der Waals surface area contributed by atoms with Crippen LogP contribution in [0.5, 0.6) is 0 Å². The van der Waals surface area contributed by atoms with Crippen molar-refractivity contribution in [2.45, 2.75) is 33.2 Å². The van der Waals surface area contributed by atoms with E-state index < -0.39 is 11.5 Å². The number of aryl methyl sites for hydroxylation is 1. The van der Waals surface area contributed by atoms with E-state index in [1.807, 2.05) is 20.8 Å². The molecule has 6 heteroatoms. The highest BCUT2D eigenvalue weighted by Gasteiger charge is 2.30. The third-order valence-electron chi connectivity index (χ3n) is 2.29. The van der Waals surface area contributed by atoms with Crippen LogP contribution < -0.4 is 0 Å². The maximum Gasteiger partial charge on any atom is 0.323 e. The lowest BCUT2D eigenvalue weighted by Crippen LogP contribution is -2.48. The standard InChI is InChI=1S/C11H16N2O3S/c1-7-9(17-6-12-7)10(16)13(5-8(14)15)11(2,3)4/h6H,5H2,1-4H3,(H,14,15). The van der Waals surface area contributed by atoms with Crippen LogP contribution in [-0.4, -0.2) is 39.0 Å². The molecular weight excluding hydrogens is 240 g/mol. The average Bonchev–Trinajstić information content (AvgIpc) is 2.58. The van der Waals surface area contributed by atoms with Gasteiger partial charge < -0.3 is 10.0 Å². The first-order valence-corrected chi connectivity index (χ1v) is 6.05. The fourth-order valence-corrected chi connectivity index (χ4v) is 2.13. The number of hydrogen-bond acceptors (Lipinski definition) is 4. The number of nitrogens with zero attached hydrogens (tertiary/aromatic N) is 2. The van der Waals surface area contributed by atoms with Crippen LogP contribution in [0.1, 0.15) is 36.1 Å². The molecule has 0 aliphatic carbocycles. The Morgan fingerprint density at radius 3 is 2.41 bits per heavy atom. The van der Waals surface area contributed by atoms with Crippen LogP contribution in [0.15, 0.2) is 5.51 Å². The Balaban J connectivity index is 3.04. The summed E-state index contributed by atoms with van der Waals surface area (Å²) in [7, 11) is 0. The Morgan fingerprint density at radius 2 is 2.06 bits per heavy atom. The molecule has 1 rings (SSSR count). The van der Waals surface area contributed by atoms with E-state index in [2.05, 4.69) is 4.98 Å². The van der Waals surface area contributed by atoms with Crippen LogP contribution in [0, 0.1) is 6.92 Å². The zero-order chi connectivity index (χ0) is 13.2. The number of carbonyl (C=O) groups excluding carboxylic acids is 1. The van der Waals surface area contributed by atoms with Gasteiger partial charge in [0.1, 0.15) is 11.4 Å². The van der Waals surface area contributed by atoms with E-state index in [1.54, 1.807) is 12.4 Å². The molecule has 0 aliphatic heterocycles. The molecule has 0 radical (unpaired) electrons. The predicted molar refractivity (Wildman–Crippen MR) is 65.3 cm³/mol. The quantitative estimate of drug-likeness (QED) is 0.894. The molecule has 0 bridgehead atoms. The number of amides is 1. The van der Waals surface area contributed by atoms with Gasteiger partial charge in [-0.1, -0.05) is 0 Å². The van der Waals surface area contributed by atoms with E-state index in [1.165, 1.54) is 16.2 Å². The van der Waals surface area contributed by atoms with Crippen LogP contribution in [0.3, 0.4) is 0 Å². The number of aromatic nitrogens is 1. The van der Waals surface area contributed by atoms with Crippen molar-refractivity contribution < 1.29 is 14.7 Å². The first-order valence-electron chi connectivity index (χ1n) is 5.17. The van der Waals surface area contributed by atoms with E-state index in [4.69, 9.17) is 5.11 Å². The lowest BCUT2D eigenvalue weighted by molar-refractivity contribution is -0.138. The van der Waals surface area contributed by atoms with E-state index >= 15 is 0 Å². The molecule has 0 aliphatic rings. The second-order valence-corrected chi connectivity index (χ2v) is 5.58. The molecule has 0 spiro atoms. The molecule has 0 saturated heterocycles. The number of thiazole rings is 1. The highest BCUT2D eigenvalue weighted by molar-refractivity contribution is 7.11. The Morgan fingerprint density at radius 1 is 1.47 bits per heavy atom. The highest BCUT2D eigenvalue weighted by Crippen LogP contribution is 2.21. The normalized spacial score (nSPS) is 11.3. The van der Waals surface area contributed by atoms with E-state index in [9.17, 15) is 9.59 Å². The van der Waals surface area contributed by atoms with Crippen molar-refractivity contribution in [1.82, 2.24) is 9.88 Å². The summed E-state index contributed by atoms with van der Waals surface area (Å²) in [6.07, 6.45) is 0. The number of rotatable bonds is 3. The second kappa shape index (κ2) is 4.83. The molecule has 0 aromatic carbocycles. The molecule has 1 aromatic heterocycles. The third kappa shape index (κ3) is 3.26. The first-order chi connectivity index (χ1) is 7.73. The van der Waals surface area contributed by atoms with Gasteiger partial charge in [0.05, 0.1) is 11.2 Å². The van der Waals surface area contributed by atoms with Gasteiger partial charge in [-0.25, -0.2) is 4.98 Å². The van der Waals surface area contributed by atoms with Gasteiger partial charge in [0.25, 0.3) is 5.91 Å². The maximum atomic E-state index is 12.2. The van der Waals surface area contributed by atoms with Gasteiger partial charge in [-0.05, 0) is 27.7 Å². The minimum atomic E-state index is -1.02. The molecule has 1 aromatic rings. The van der Waals surface area contributed by atoms with Crippen molar-refractivity contribution in [3.63, 3.8) is 0 Å². The van der Waals surface area contributed by atoms with Crippen LogP contribution in [0.25, 0.3) is 0 Å². The lowest BCUT2D eigenvalue weighted by atomic mass is 10.1. The predicted octanol–water partition coefficient (Wildman–Crippen LogP) is 1.78. The molecule has 1 amide bonds. The summed E-state index contributed by atoms with van der Waals surface area (Å²) in [5, 5.41) is 8.86. The van der Waals surface area contributed by atoms with Gasteiger partial charge >= 0.3 is 5.97 Å². The van der Waals surface area contributed by atoms with Crippen molar-refractivity contribution in [2.24, 2.45) is 0 Å². The Labute approximate surface area is 104 Å². The highest BCUT2D eigenvalue weighted by atomic mass is 32.1. The van der Waals surface area contributed by atoms with Gasteiger partial charge in [0, 0.05) is 5.54 Å². The molecule has 1 heterocycles. The summed E-state index contributed by atoms with van der Waals surface area (Å²) in [6.45, 7) is 6.86. The number of hydrogen-bond donors (Lipinski definition) is 1. The fourth-order valence-electron chi connectivity index (χ4n) is 1.38. The zero-order valence-corrected chi connectivity index (χ0v) is 11.2. The number of aliphatic carboxylic acids is 1. The summed E-state index contributed by atoms with van der Waals surface area (Å²) in [6, 6.07) is 0.